The highest BCUT2D eigenvalue weighted by atomic mass is 32.1. The van der Waals surface area contributed by atoms with E-state index in [1.165, 1.54) is 16.0 Å². The Kier molecular flexibility index (Phi) is 3.91. The summed E-state index contributed by atoms with van der Waals surface area (Å²) in [6.45, 7) is 0. The van der Waals surface area contributed by atoms with Gasteiger partial charge in [0.1, 0.15) is 10.8 Å². The van der Waals surface area contributed by atoms with Gasteiger partial charge in [0.05, 0.1) is 12.4 Å². The molecular weight excluding hydrogens is 338 g/mol. The van der Waals surface area contributed by atoms with Crippen LogP contribution in [0.1, 0.15) is 0 Å². The third kappa shape index (κ3) is 2.85. The topological polar surface area (TPSA) is 75.1 Å². The lowest BCUT2D eigenvalue weighted by Crippen LogP contribution is -2.34. The first-order valence-corrected chi connectivity index (χ1v) is 8.39. The first-order chi connectivity index (χ1) is 12.3. The van der Waals surface area contributed by atoms with Crippen molar-refractivity contribution in [3.05, 3.63) is 60.0 Å². The van der Waals surface area contributed by atoms with E-state index < -0.39 is 5.95 Å². The van der Waals surface area contributed by atoms with E-state index in [9.17, 15) is 5.11 Å². The Hall–Kier alpha value is -3.19. The summed E-state index contributed by atoms with van der Waals surface area (Å²) in [7, 11) is 1.60. The van der Waals surface area contributed by atoms with Crippen molar-refractivity contribution in [3.8, 4) is 39.3 Å². The number of benzene rings is 2. The monoisotopic (exact) mass is 351 g/mol. The first kappa shape index (κ1) is 15.3. The lowest BCUT2D eigenvalue weighted by molar-refractivity contribution is -0.660. The Morgan fingerprint density at radius 3 is 2.56 bits per heavy atom. The van der Waals surface area contributed by atoms with Gasteiger partial charge in [-0.3, -0.25) is 0 Å². The number of rotatable bonds is 4. The van der Waals surface area contributed by atoms with Crippen LogP contribution in [-0.4, -0.2) is 17.4 Å². The molecule has 0 saturated carbocycles. The molecule has 0 bridgehead atoms. The van der Waals surface area contributed by atoms with Crippen LogP contribution >= 0.6 is 11.3 Å². The molecule has 0 atom stereocenters. The van der Waals surface area contributed by atoms with Gasteiger partial charge in [0.15, 0.2) is 11.6 Å². The van der Waals surface area contributed by atoms with E-state index in [4.69, 9.17) is 9.26 Å². The van der Waals surface area contributed by atoms with E-state index in [-0.39, 0.29) is 0 Å². The van der Waals surface area contributed by atoms with Gasteiger partial charge in [0.2, 0.25) is 5.69 Å². The highest BCUT2D eigenvalue weighted by Gasteiger charge is 2.25. The summed E-state index contributed by atoms with van der Waals surface area (Å²) in [6, 6.07) is 17.0. The molecule has 0 aliphatic carbocycles. The third-order valence-electron chi connectivity index (χ3n) is 3.70. The smallest absolute Gasteiger partial charge is 0.289 e. The van der Waals surface area contributed by atoms with Gasteiger partial charge in [0.25, 0.3) is 5.69 Å². The molecule has 4 aromatic rings. The average Bonchev–Trinajstić information content (AvgIpc) is 3.29. The second-order valence-electron chi connectivity index (χ2n) is 5.22. The molecule has 0 aliphatic heterocycles. The van der Waals surface area contributed by atoms with Crippen LogP contribution in [0.5, 0.6) is 11.7 Å². The third-order valence-corrected chi connectivity index (χ3v) is 4.59. The molecular formula is C18H13N3O3S. The van der Waals surface area contributed by atoms with Crippen molar-refractivity contribution in [1.82, 2.24) is 10.3 Å². The molecule has 124 valence electrons. The molecule has 0 fully saturated rings. The molecule has 0 unspecified atom stereocenters. The molecule has 0 radical (unpaired) electrons. The number of hydrogen-bond acceptors (Lipinski definition) is 6. The van der Waals surface area contributed by atoms with E-state index >= 15 is 0 Å². The normalized spacial score (nSPS) is 10.8. The fourth-order valence-corrected chi connectivity index (χ4v) is 3.27. The van der Waals surface area contributed by atoms with Gasteiger partial charge in [-0.05, 0) is 16.8 Å². The van der Waals surface area contributed by atoms with Crippen LogP contribution < -0.4 is 14.5 Å². The summed E-state index contributed by atoms with van der Waals surface area (Å²) in [5.41, 5.74) is 2.52. The zero-order valence-electron chi connectivity index (χ0n) is 13.2. The van der Waals surface area contributed by atoms with E-state index in [0.29, 0.717) is 17.1 Å². The number of methoxy groups -OCH3 is 1. The zero-order chi connectivity index (χ0) is 17.2. The van der Waals surface area contributed by atoms with Crippen LogP contribution in [0.15, 0.2) is 64.5 Å². The van der Waals surface area contributed by atoms with Gasteiger partial charge in [-0.1, -0.05) is 30.3 Å². The lowest BCUT2D eigenvalue weighted by Gasteiger charge is -1.98. The molecule has 6 nitrogen and oxygen atoms in total. The van der Waals surface area contributed by atoms with Crippen molar-refractivity contribution in [1.29, 1.82) is 0 Å². The van der Waals surface area contributed by atoms with E-state index in [0.717, 1.165) is 16.3 Å². The molecule has 0 amide bonds. The van der Waals surface area contributed by atoms with Crippen molar-refractivity contribution in [2.45, 2.75) is 0 Å². The van der Waals surface area contributed by atoms with E-state index in [1.54, 1.807) is 31.4 Å². The van der Waals surface area contributed by atoms with Crippen molar-refractivity contribution in [3.63, 3.8) is 0 Å². The van der Waals surface area contributed by atoms with Crippen LogP contribution in [0, 0.1) is 0 Å². The van der Waals surface area contributed by atoms with Crippen LogP contribution in [0.3, 0.4) is 0 Å². The van der Waals surface area contributed by atoms with Crippen LogP contribution in [-0.2, 0) is 0 Å². The fourth-order valence-electron chi connectivity index (χ4n) is 2.46. The number of hydrogen-bond donors (Lipinski definition) is 0. The maximum atomic E-state index is 12.2. The number of aromatic nitrogens is 3. The van der Waals surface area contributed by atoms with Crippen LogP contribution in [0.4, 0.5) is 0 Å². The van der Waals surface area contributed by atoms with Gasteiger partial charge >= 0.3 is 0 Å². The molecule has 4 rings (SSSR count). The van der Waals surface area contributed by atoms with Crippen LogP contribution in [0.25, 0.3) is 27.6 Å². The molecule has 25 heavy (non-hydrogen) atoms. The quantitative estimate of drug-likeness (QED) is 0.529. The molecule has 2 heterocycles. The molecule has 2 aromatic heterocycles. The van der Waals surface area contributed by atoms with Crippen molar-refractivity contribution in [2.24, 2.45) is 0 Å². The second kappa shape index (κ2) is 6.37. The summed E-state index contributed by atoms with van der Waals surface area (Å²) in [5, 5.41) is 18.7. The predicted octanol–water partition coefficient (Wildman–Crippen LogP) is 2.82. The summed E-state index contributed by atoms with van der Waals surface area (Å²) in [6.07, 6.45) is 0. The minimum atomic E-state index is -0.527. The molecule has 2 aromatic carbocycles. The summed E-state index contributed by atoms with van der Waals surface area (Å²) in [4.78, 5) is 4.58. The Bertz CT molecular complexity index is 994. The van der Waals surface area contributed by atoms with Gasteiger partial charge in [0, 0.05) is 23.1 Å². The van der Waals surface area contributed by atoms with E-state index in [1.807, 2.05) is 35.7 Å². The van der Waals surface area contributed by atoms with Crippen molar-refractivity contribution < 1.29 is 19.0 Å². The summed E-state index contributed by atoms with van der Waals surface area (Å²) >= 11 is 1.47. The number of ether oxygens (including phenoxy) is 1. The number of thiazole rings is 1. The van der Waals surface area contributed by atoms with Gasteiger partial charge < -0.3 is 14.4 Å². The molecule has 0 saturated heterocycles. The standard InChI is InChI=1S/C18H13N3O3S/c1-23-14-9-7-13(8-10-14)21-16(18(22)24-20-21)15-11-25-17(19-15)12-5-3-2-4-6-12/h2-11H,1H3. The molecule has 0 N–H and O–H groups in total. The van der Waals surface area contributed by atoms with Gasteiger partial charge in [-0.25, -0.2) is 4.98 Å². The average molecular weight is 351 g/mol. The molecule has 7 heteroatoms. The highest BCUT2D eigenvalue weighted by molar-refractivity contribution is 7.13. The predicted molar refractivity (Wildman–Crippen MR) is 90.6 cm³/mol. The minimum Gasteiger partial charge on any atom is -0.539 e. The summed E-state index contributed by atoms with van der Waals surface area (Å²) in [5.74, 6) is 0.192. The highest BCUT2D eigenvalue weighted by Crippen LogP contribution is 2.30. The van der Waals surface area contributed by atoms with Crippen molar-refractivity contribution in [2.75, 3.05) is 7.11 Å². The van der Waals surface area contributed by atoms with E-state index in [2.05, 4.69) is 10.3 Å². The van der Waals surface area contributed by atoms with Gasteiger partial charge in [-0.15, -0.1) is 11.3 Å². The Morgan fingerprint density at radius 1 is 1.08 bits per heavy atom. The maximum absolute atomic E-state index is 12.2. The fraction of sp³-hybridized carbons (Fsp3) is 0.0556. The van der Waals surface area contributed by atoms with Crippen molar-refractivity contribution >= 4 is 11.3 Å². The van der Waals surface area contributed by atoms with Gasteiger partial charge in [-0.2, -0.15) is 0 Å². The summed E-state index contributed by atoms with van der Waals surface area (Å²) < 4.78 is 11.5. The van der Waals surface area contributed by atoms with Crippen LogP contribution in [0.2, 0.25) is 0 Å². The minimum absolute atomic E-state index is 0.295. The zero-order valence-corrected chi connectivity index (χ0v) is 14.1. The molecule has 0 spiro atoms. The Morgan fingerprint density at radius 2 is 1.84 bits per heavy atom. The largest absolute Gasteiger partial charge is 0.539 e. The second-order valence-corrected chi connectivity index (χ2v) is 6.08. The Balaban J connectivity index is 1.76. The first-order valence-electron chi connectivity index (χ1n) is 7.51. The Labute approximate surface area is 147 Å². The number of nitrogens with zero attached hydrogens (tertiary/aromatic N) is 3. The molecule has 0 aliphatic rings. The maximum Gasteiger partial charge on any atom is 0.289 e. The SMILES string of the molecule is COc1ccc(-[n+]2noc([O-])c2-c2csc(-c3ccccc3)n2)cc1. The lowest BCUT2D eigenvalue weighted by atomic mass is 10.2.